The van der Waals surface area contributed by atoms with E-state index in [1.165, 1.54) is 24.0 Å². The molecule has 1 aliphatic heterocycles. The van der Waals surface area contributed by atoms with Crippen molar-refractivity contribution in [3.05, 3.63) is 68.5 Å². The minimum absolute atomic E-state index is 0.00200. The van der Waals surface area contributed by atoms with Crippen LogP contribution in [0.3, 0.4) is 0 Å². The smallest absolute Gasteiger partial charge is 0.345 e. The lowest BCUT2D eigenvalue weighted by Crippen LogP contribution is -2.70. The Morgan fingerprint density at radius 1 is 1.05 bits per heavy atom. The first-order chi connectivity index (χ1) is 17.9. The van der Waals surface area contributed by atoms with Crippen molar-refractivity contribution in [1.29, 1.82) is 0 Å². The zero-order chi connectivity index (χ0) is 28.1. The number of halogens is 2. The summed E-state index contributed by atoms with van der Waals surface area (Å²) in [4.78, 5) is 63.3. The van der Waals surface area contributed by atoms with Gasteiger partial charge in [-0.3, -0.25) is 14.5 Å². The van der Waals surface area contributed by atoms with E-state index >= 15 is 0 Å². The average Bonchev–Trinajstić information content (AvgIpc) is 2.87. The number of hydrogen-bond donors (Lipinski definition) is 3. The van der Waals surface area contributed by atoms with Crippen LogP contribution in [0, 0.1) is 10.8 Å². The van der Waals surface area contributed by atoms with Gasteiger partial charge in [-0.1, -0.05) is 42.3 Å². The number of carbonyl (C=O) groups is 4. The van der Waals surface area contributed by atoms with E-state index in [1.807, 2.05) is 13.8 Å². The van der Waals surface area contributed by atoms with Crippen LogP contribution < -0.4 is 16.5 Å². The number of nitrogens with zero attached hydrogens (tertiary/aromatic N) is 4. The van der Waals surface area contributed by atoms with Crippen molar-refractivity contribution in [3.8, 4) is 0 Å². The predicted octanol–water partition coefficient (Wildman–Crippen LogP) is 3.99. The van der Waals surface area contributed by atoms with Crippen molar-refractivity contribution in [2.24, 2.45) is 16.9 Å². The summed E-state index contributed by atoms with van der Waals surface area (Å²) in [5, 5.41) is 9.56. The maximum Gasteiger partial charge on any atom is 0.345 e. The Kier molecular flexibility index (Phi) is 9.26. The third-order valence-corrected chi connectivity index (χ3v) is 6.22. The van der Waals surface area contributed by atoms with Crippen LogP contribution in [0.15, 0.2) is 47.6 Å². The van der Waals surface area contributed by atoms with Crippen LogP contribution >= 0.6 is 23.2 Å². The maximum absolute atomic E-state index is 13.5. The number of benzene rings is 2. The van der Waals surface area contributed by atoms with Gasteiger partial charge in [0.25, 0.3) is 11.8 Å². The third-order valence-electron chi connectivity index (χ3n) is 5.65. The second kappa shape index (κ2) is 12.2. The Morgan fingerprint density at radius 2 is 1.71 bits per heavy atom. The molecule has 6 amide bonds. The van der Waals surface area contributed by atoms with Crippen molar-refractivity contribution in [2.45, 2.75) is 39.6 Å². The summed E-state index contributed by atoms with van der Waals surface area (Å²) in [6.45, 7) is 4.62. The first kappa shape index (κ1) is 28.8. The minimum Gasteiger partial charge on any atom is -0.350 e. The molecule has 0 bridgehead atoms. The summed E-state index contributed by atoms with van der Waals surface area (Å²) in [6.07, 6.45) is -1.18. The van der Waals surface area contributed by atoms with E-state index < -0.39 is 36.7 Å². The van der Waals surface area contributed by atoms with Crippen molar-refractivity contribution in [1.82, 2.24) is 20.1 Å². The number of hydrogen-bond acceptors (Lipinski definition) is 7. The Labute approximate surface area is 228 Å². The van der Waals surface area contributed by atoms with Crippen LogP contribution in [-0.4, -0.2) is 57.6 Å². The van der Waals surface area contributed by atoms with E-state index in [0.717, 1.165) is 9.91 Å². The Balaban J connectivity index is 1.93. The van der Waals surface area contributed by atoms with Crippen LogP contribution in [0.4, 0.5) is 15.3 Å². The lowest BCUT2D eigenvalue weighted by atomic mass is 10.1. The van der Waals surface area contributed by atoms with E-state index in [0.29, 0.717) is 16.3 Å². The summed E-state index contributed by atoms with van der Waals surface area (Å²) in [7, 11) is 0. The van der Waals surface area contributed by atoms with Crippen molar-refractivity contribution in [3.63, 3.8) is 0 Å². The molecule has 38 heavy (non-hydrogen) atoms. The SMILES string of the molecule is CC(C)NC(=O)c1ccc(NC2N(N)C(=O)N(C[C@H](C)C(=O)N=O)C(=O)N2Cc2ccc(Cl)cc2)cc1Cl. The van der Waals surface area contributed by atoms with Crippen LogP contribution in [0.25, 0.3) is 0 Å². The summed E-state index contributed by atoms with van der Waals surface area (Å²) >= 11 is 12.3. The normalized spacial score (nSPS) is 16.5. The molecule has 0 spiro atoms. The molecule has 2 aromatic carbocycles. The van der Waals surface area contributed by atoms with Gasteiger partial charge in [-0.25, -0.2) is 25.3 Å². The lowest BCUT2D eigenvalue weighted by molar-refractivity contribution is -0.121. The number of carbonyl (C=O) groups excluding carboxylic acids is 4. The number of amides is 6. The largest absolute Gasteiger partial charge is 0.350 e. The number of nitrogens with one attached hydrogen (secondary N) is 2. The van der Waals surface area contributed by atoms with E-state index in [2.05, 4.69) is 15.8 Å². The van der Waals surface area contributed by atoms with Gasteiger partial charge < -0.3 is 10.6 Å². The standard InChI is InChI=1S/C24H27Cl2N7O5/c1-13(2)28-21(35)18-9-8-17(10-19(18)26)29-22-31(12-15-4-6-16(25)7-5-15)23(36)32(24(37)33(22)27)11-14(3)20(34)30-38/h4-10,13-14,22,29H,11-12,27H2,1-3H3,(H,28,35)/t14-,22?/m0/s1. The molecule has 1 unspecified atom stereocenters. The van der Waals surface area contributed by atoms with Gasteiger partial charge in [0, 0.05) is 28.5 Å². The molecule has 202 valence electrons. The van der Waals surface area contributed by atoms with Gasteiger partial charge in [-0.15, -0.1) is 4.91 Å². The van der Waals surface area contributed by atoms with E-state index in [1.54, 1.807) is 30.3 Å². The van der Waals surface area contributed by atoms with Crippen LogP contribution in [0.2, 0.25) is 10.0 Å². The first-order valence-electron chi connectivity index (χ1n) is 11.6. The van der Waals surface area contributed by atoms with Gasteiger partial charge in [-0.2, -0.15) is 0 Å². The zero-order valence-corrected chi connectivity index (χ0v) is 22.4. The fourth-order valence-electron chi connectivity index (χ4n) is 3.70. The highest BCUT2D eigenvalue weighted by Gasteiger charge is 2.44. The molecule has 12 nitrogen and oxygen atoms in total. The van der Waals surface area contributed by atoms with Gasteiger partial charge in [0.15, 0.2) is 0 Å². The van der Waals surface area contributed by atoms with Gasteiger partial charge in [0.2, 0.25) is 6.29 Å². The molecule has 2 atom stereocenters. The molecule has 0 saturated carbocycles. The molecule has 0 aliphatic carbocycles. The van der Waals surface area contributed by atoms with Gasteiger partial charge >= 0.3 is 12.1 Å². The van der Waals surface area contributed by atoms with Gasteiger partial charge in [-0.05, 0) is 49.7 Å². The monoisotopic (exact) mass is 563 g/mol. The molecule has 1 fully saturated rings. The number of urea groups is 2. The van der Waals surface area contributed by atoms with Gasteiger partial charge in [0.1, 0.15) is 0 Å². The number of hydrazine groups is 1. The summed E-state index contributed by atoms with van der Waals surface area (Å²) in [5.74, 6) is 3.76. The molecule has 0 radical (unpaired) electrons. The fourth-order valence-corrected chi connectivity index (χ4v) is 4.09. The molecule has 1 aliphatic rings. The maximum atomic E-state index is 13.5. The molecule has 0 aromatic heterocycles. The van der Waals surface area contributed by atoms with Crippen molar-refractivity contribution in [2.75, 3.05) is 11.9 Å². The molecule has 2 aromatic rings. The van der Waals surface area contributed by atoms with Gasteiger partial charge in [0.05, 0.1) is 23.0 Å². The van der Waals surface area contributed by atoms with Crippen molar-refractivity contribution >= 4 is 52.8 Å². The lowest BCUT2D eigenvalue weighted by Gasteiger charge is -2.45. The van der Waals surface area contributed by atoms with Crippen LogP contribution in [-0.2, 0) is 11.3 Å². The van der Waals surface area contributed by atoms with Crippen molar-refractivity contribution < 1.29 is 19.2 Å². The topological polar surface area (TPSA) is 158 Å². The third kappa shape index (κ3) is 6.57. The average molecular weight is 564 g/mol. The number of rotatable bonds is 9. The molecule has 14 heteroatoms. The molecular formula is C24H27Cl2N7O5. The first-order valence-corrected chi connectivity index (χ1v) is 12.3. The second-order valence-electron chi connectivity index (χ2n) is 9.01. The Morgan fingerprint density at radius 3 is 2.29 bits per heavy atom. The number of nitrogens with two attached hydrogens (primary N) is 1. The number of imide groups is 1. The van der Waals surface area contributed by atoms with E-state index in [9.17, 15) is 24.1 Å². The zero-order valence-electron chi connectivity index (χ0n) is 20.9. The molecule has 3 rings (SSSR count). The van der Waals surface area contributed by atoms with E-state index in [4.69, 9.17) is 29.0 Å². The fraction of sp³-hybridized carbons (Fsp3) is 0.333. The highest BCUT2D eigenvalue weighted by molar-refractivity contribution is 6.34. The molecular weight excluding hydrogens is 537 g/mol. The summed E-state index contributed by atoms with van der Waals surface area (Å²) < 4.78 is 0. The molecule has 1 saturated heterocycles. The highest BCUT2D eigenvalue weighted by atomic mass is 35.5. The molecule has 1 heterocycles. The summed E-state index contributed by atoms with van der Waals surface area (Å²) in [6, 6.07) is 9.50. The second-order valence-corrected chi connectivity index (χ2v) is 9.85. The summed E-state index contributed by atoms with van der Waals surface area (Å²) in [5.41, 5.74) is 1.30. The van der Waals surface area contributed by atoms with Crippen LogP contribution in [0.1, 0.15) is 36.7 Å². The number of anilines is 1. The van der Waals surface area contributed by atoms with E-state index in [-0.39, 0.29) is 29.1 Å². The quantitative estimate of drug-likeness (QED) is 0.236. The highest BCUT2D eigenvalue weighted by Crippen LogP contribution is 2.26. The predicted molar refractivity (Wildman–Crippen MR) is 142 cm³/mol. The minimum atomic E-state index is -1.18. The Bertz CT molecular complexity index is 1240. The molecule has 4 N–H and O–H groups in total. The number of nitroso groups, excluding NO2 is 1. The van der Waals surface area contributed by atoms with Crippen LogP contribution in [0.5, 0.6) is 0 Å². The Hall–Kier alpha value is -3.74.